The number of carbonyl (C=O) groups excluding carboxylic acids is 1. The molecule has 0 bridgehead atoms. The van der Waals surface area contributed by atoms with Crippen LogP contribution in [0.4, 0.5) is 4.79 Å². The van der Waals surface area contributed by atoms with Gasteiger partial charge in [0.2, 0.25) is 0 Å². The maximum Gasteiger partial charge on any atom is 0.408 e. The predicted molar refractivity (Wildman–Crippen MR) is 37.1 cm³/mol. The highest BCUT2D eigenvalue weighted by molar-refractivity contribution is 5.70. The molecule has 60 valence electrons. The van der Waals surface area contributed by atoms with Crippen molar-refractivity contribution >= 4 is 6.09 Å². The third-order valence-electron chi connectivity index (χ3n) is 1.97. The number of hydrogen-bond donors (Lipinski definition) is 1. The number of ether oxygens (including phenoxy) is 2. The standard InChI is InChI=1S/C7H9NO3/c1-2-5-6-4(3-10-5)8-7(9)11-6/h2,4-6H,1,3H2,(H,8,9). The van der Waals surface area contributed by atoms with E-state index in [1.807, 2.05) is 0 Å². The van der Waals surface area contributed by atoms with Gasteiger partial charge in [0.25, 0.3) is 0 Å². The maximum absolute atomic E-state index is 10.7. The lowest BCUT2D eigenvalue weighted by atomic mass is 10.1. The molecule has 2 saturated heterocycles. The lowest BCUT2D eigenvalue weighted by molar-refractivity contribution is 0.0624. The molecule has 3 atom stereocenters. The highest BCUT2D eigenvalue weighted by Gasteiger charge is 2.44. The van der Waals surface area contributed by atoms with E-state index in [1.165, 1.54) is 0 Å². The van der Waals surface area contributed by atoms with Gasteiger partial charge in [-0.1, -0.05) is 6.08 Å². The first-order valence-corrected chi connectivity index (χ1v) is 3.52. The fraction of sp³-hybridized carbons (Fsp3) is 0.571. The molecule has 2 rings (SSSR count). The summed E-state index contributed by atoms with van der Waals surface area (Å²) in [4.78, 5) is 10.7. The van der Waals surface area contributed by atoms with Crippen LogP contribution in [0.1, 0.15) is 0 Å². The van der Waals surface area contributed by atoms with E-state index in [2.05, 4.69) is 11.9 Å². The molecule has 0 aromatic rings. The summed E-state index contributed by atoms with van der Waals surface area (Å²) in [5.74, 6) is 0. The van der Waals surface area contributed by atoms with Crippen molar-refractivity contribution in [3.63, 3.8) is 0 Å². The van der Waals surface area contributed by atoms with Gasteiger partial charge in [-0.3, -0.25) is 0 Å². The van der Waals surface area contributed by atoms with Gasteiger partial charge in [-0.25, -0.2) is 4.79 Å². The lowest BCUT2D eigenvalue weighted by Crippen LogP contribution is -2.31. The largest absolute Gasteiger partial charge is 0.441 e. The van der Waals surface area contributed by atoms with E-state index in [1.54, 1.807) is 6.08 Å². The summed E-state index contributed by atoms with van der Waals surface area (Å²) < 4.78 is 10.2. The van der Waals surface area contributed by atoms with Crippen LogP contribution in [0.2, 0.25) is 0 Å². The number of amides is 1. The van der Waals surface area contributed by atoms with Crippen molar-refractivity contribution in [2.75, 3.05) is 6.61 Å². The van der Waals surface area contributed by atoms with Crippen molar-refractivity contribution in [3.8, 4) is 0 Å². The van der Waals surface area contributed by atoms with Gasteiger partial charge in [0, 0.05) is 0 Å². The molecule has 0 spiro atoms. The summed E-state index contributed by atoms with van der Waals surface area (Å²) in [6.07, 6.45) is 0.999. The summed E-state index contributed by atoms with van der Waals surface area (Å²) in [7, 11) is 0. The molecule has 1 amide bonds. The van der Waals surface area contributed by atoms with E-state index in [-0.39, 0.29) is 24.3 Å². The molecule has 2 aliphatic rings. The van der Waals surface area contributed by atoms with E-state index >= 15 is 0 Å². The van der Waals surface area contributed by atoms with Gasteiger partial charge in [-0.15, -0.1) is 6.58 Å². The van der Waals surface area contributed by atoms with Crippen LogP contribution in [-0.2, 0) is 9.47 Å². The van der Waals surface area contributed by atoms with Crippen molar-refractivity contribution in [1.82, 2.24) is 5.32 Å². The Balaban J connectivity index is 2.12. The zero-order valence-electron chi connectivity index (χ0n) is 5.95. The topological polar surface area (TPSA) is 47.6 Å². The Morgan fingerprint density at radius 3 is 3.27 bits per heavy atom. The zero-order chi connectivity index (χ0) is 7.84. The van der Waals surface area contributed by atoms with E-state index in [0.29, 0.717) is 6.61 Å². The Morgan fingerprint density at radius 2 is 2.55 bits per heavy atom. The smallest absolute Gasteiger partial charge is 0.408 e. The number of nitrogens with one attached hydrogen (secondary N) is 1. The summed E-state index contributed by atoms with van der Waals surface area (Å²) in [6.45, 7) is 4.10. The van der Waals surface area contributed by atoms with Crippen LogP contribution < -0.4 is 5.32 Å². The van der Waals surface area contributed by atoms with Gasteiger partial charge >= 0.3 is 6.09 Å². The number of rotatable bonds is 1. The first kappa shape index (κ1) is 6.67. The van der Waals surface area contributed by atoms with Crippen LogP contribution in [0.15, 0.2) is 12.7 Å². The van der Waals surface area contributed by atoms with Crippen molar-refractivity contribution in [2.45, 2.75) is 18.2 Å². The average molecular weight is 155 g/mol. The molecule has 0 aromatic heterocycles. The zero-order valence-corrected chi connectivity index (χ0v) is 5.95. The molecule has 11 heavy (non-hydrogen) atoms. The van der Waals surface area contributed by atoms with Gasteiger partial charge < -0.3 is 14.8 Å². The molecular weight excluding hydrogens is 146 g/mol. The molecule has 0 saturated carbocycles. The second-order valence-electron chi connectivity index (χ2n) is 2.65. The fourth-order valence-corrected chi connectivity index (χ4v) is 1.42. The van der Waals surface area contributed by atoms with Crippen LogP contribution in [0.3, 0.4) is 0 Å². The van der Waals surface area contributed by atoms with Crippen LogP contribution >= 0.6 is 0 Å². The molecule has 3 unspecified atom stereocenters. The minimum atomic E-state index is -0.352. The Labute approximate surface area is 64.2 Å². The number of fused-ring (bicyclic) bond motifs is 1. The van der Waals surface area contributed by atoms with Crippen LogP contribution in [-0.4, -0.2) is 30.9 Å². The van der Waals surface area contributed by atoms with Crippen molar-refractivity contribution in [1.29, 1.82) is 0 Å². The molecular formula is C7H9NO3. The molecule has 0 radical (unpaired) electrons. The quantitative estimate of drug-likeness (QED) is 0.544. The Bertz CT molecular complexity index is 204. The van der Waals surface area contributed by atoms with E-state index < -0.39 is 0 Å². The number of hydrogen-bond acceptors (Lipinski definition) is 3. The molecule has 2 fully saturated rings. The lowest BCUT2D eigenvalue weighted by Gasteiger charge is -2.09. The van der Waals surface area contributed by atoms with Crippen molar-refractivity contribution < 1.29 is 14.3 Å². The third kappa shape index (κ3) is 0.903. The normalized spacial score (nSPS) is 41.1. The molecule has 2 heterocycles. The van der Waals surface area contributed by atoms with Crippen molar-refractivity contribution in [3.05, 3.63) is 12.7 Å². The molecule has 4 nitrogen and oxygen atoms in total. The molecule has 2 aliphatic heterocycles. The minimum absolute atomic E-state index is 0.0190. The van der Waals surface area contributed by atoms with Gasteiger partial charge in [0.05, 0.1) is 12.6 Å². The fourth-order valence-electron chi connectivity index (χ4n) is 1.42. The van der Waals surface area contributed by atoms with Crippen molar-refractivity contribution in [2.24, 2.45) is 0 Å². The monoisotopic (exact) mass is 155 g/mol. The number of alkyl carbamates (subject to hydrolysis) is 1. The van der Waals surface area contributed by atoms with E-state index in [0.717, 1.165) is 0 Å². The van der Waals surface area contributed by atoms with Gasteiger partial charge in [0.15, 0.2) is 6.10 Å². The highest BCUT2D eigenvalue weighted by atomic mass is 16.6. The third-order valence-corrected chi connectivity index (χ3v) is 1.97. The SMILES string of the molecule is C=CC1OCC2NC(=O)OC21. The summed E-state index contributed by atoms with van der Waals surface area (Å²) in [5.41, 5.74) is 0. The molecule has 1 N–H and O–H groups in total. The second-order valence-corrected chi connectivity index (χ2v) is 2.65. The highest BCUT2D eigenvalue weighted by Crippen LogP contribution is 2.22. The summed E-state index contributed by atoms with van der Waals surface area (Å²) >= 11 is 0. The van der Waals surface area contributed by atoms with Crippen LogP contribution in [0.25, 0.3) is 0 Å². The maximum atomic E-state index is 10.7. The Morgan fingerprint density at radius 1 is 1.73 bits per heavy atom. The first-order chi connectivity index (χ1) is 5.31. The molecule has 4 heteroatoms. The summed E-state index contributed by atoms with van der Waals surface area (Å²) in [5, 5.41) is 2.65. The van der Waals surface area contributed by atoms with Gasteiger partial charge in [-0.05, 0) is 0 Å². The van der Waals surface area contributed by atoms with Crippen LogP contribution in [0.5, 0.6) is 0 Å². The average Bonchev–Trinajstić information content (AvgIpc) is 2.45. The minimum Gasteiger partial charge on any atom is -0.441 e. The first-order valence-electron chi connectivity index (χ1n) is 3.52. The number of carbonyl (C=O) groups is 1. The summed E-state index contributed by atoms with van der Waals surface area (Å²) in [6, 6.07) is 0.0190. The Kier molecular flexibility index (Phi) is 1.35. The van der Waals surface area contributed by atoms with Gasteiger partial charge in [-0.2, -0.15) is 0 Å². The second kappa shape index (κ2) is 2.23. The molecule has 0 aliphatic carbocycles. The predicted octanol–water partition coefficient (Wildman–Crippen LogP) is 0.0482. The van der Waals surface area contributed by atoms with Crippen LogP contribution in [0, 0.1) is 0 Å². The molecule has 0 aromatic carbocycles. The van der Waals surface area contributed by atoms with E-state index in [4.69, 9.17) is 9.47 Å². The van der Waals surface area contributed by atoms with Gasteiger partial charge in [0.1, 0.15) is 6.10 Å². The Hall–Kier alpha value is -1.03. The van der Waals surface area contributed by atoms with E-state index in [9.17, 15) is 4.79 Å².